The summed E-state index contributed by atoms with van der Waals surface area (Å²) in [5, 5.41) is 0. The molecule has 4 unspecified atom stereocenters. The Morgan fingerprint density at radius 1 is 0.720 bits per heavy atom. The van der Waals surface area contributed by atoms with Crippen LogP contribution in [0.4, 0.5) is 0 Å². The predicted octanol–water partition coefficient (Wildman–Crippen LogP) is 5.57. The molecule has 6 saturated carbocycles. The second-order valence-electron chi connectivity index (χ2n) is 10.0. The van der Waals surface area contributed by atoms with E-state index in [4.69, 9.17) is 9.47 Å². The number of hydrogen-bond acceptors (Lipinski definition) is 2. The van der Waals surface area contributed by atoms with Crippen LogP contribution in [0.1, 0.15) is 70.6 Å². The molecular formula is C23H36O2. The fourth-order valence-electron chi connectivity index (χ4n) is 7.91. The van der Waals surface area contributed by atoms with Gasteiger partial charge < -0.3 is 9.47 Å². The summed E-state index contributed by atoms with van der Waals surface area (Å²) in [6.07, 6.45) is 16.1. The Hall–Kier alpha value is -0.500. The molecule has 0 aromatic heterocycles. The van der Waals surface area contributed by atoms with Crippen molar-refractivity contribution < 1.29 is 9.47 Å². The minimum Gasteiger partial charge on any atom is -0.501 e. The molecule has 2 nitrogen and oxygen atoms in total. The Balaban J connectivity index is 1.35. The number of ether oxygens (including phenoxy) is 2. The zero-order valence-electron chi connectivity index (χ0n) is 16.2. The van der Waals surface area contributed by atoms with E-state index in [1.54, 1.807) is 0 Å². The fraction of sp³-hybridized carbons (Fsp3) is 0.913. The quantitative estimate of drug-likeness (QED) is 0.623. The van der Waals surface area contributed by atoms with Crippen LogP contribution in [0, 0.1) is 41.4 Å². The lowest BCUT2D eigenvalue weighted by Gasteiger charge is -2.52. The molecule has 6 aliphatic rings. The molecule has 6 rings (SSSR count). The number of hydrogen-bond donors (Lipinski definition) is 0. The van der Waals surface area contributed by atoms with Crippen molar-refractivity contribution in [2.45, 2.75) is 76.7 Å². The van der Waals surface area contributed by atoms with Gasteiger partial charge in [-0.05, 0) is 112 Å². The van der Waals surface area contributed by atoms with Crippen LogP contribution in [0.3, 0.4) is 0 Å². The highest BCUT2D eigenvalue weighted by Gasteiger charge is 2.48. The zero-order chi connectivity index (χ0) is 17.0. The van der Waals surface area contributed by atoms with Crippen LogP contribution in [0.25, 0.3) is 0 Å². The number of methoxy groups -OCH3 is 2. The number of rotatable bonds is 3. The van der Waals surface area contributed by atoms with Crippen LogP contribution in [-0.2, 0) is 9.47 Å². The van der Waals surface area contributed by atoms with Gasteiger partial charge in [0.1, 0.15) is 0 Å². The molecule has 25 heavy (non-hydrogen) atoms. The highest BCUT2D eigenvalue weighted by atomic mass is 16.5. The first-order chi connectivity index (χ1) is 12.2. The largest absolute Gasteiger partial charge is 0.501 e. The molecule has 6 fully saturated rings. The van der Waals surface area contributed by atoms with Gasteiger partial charge in [0, 0.05) is 13.0 Å². The Bertz CT molecular complexity index is 506. The molecule has 0 N–H and O–H groups in total. The normalized spacial score (nSPS) is 48.3. The van der Waals surface area contributed by atoms with Gasteiger partial charge >= 0.3 is 0 Å². The van der Waals surface area contributed by atoms with E-state index in [1.807, 2.05) is 19.8 Å². The molecule has 140 valence electrons. The fourth-order valence-corrected chi connectivity index (χ4v) is 7.91. The van der Waals surface area contributed by atoms with Crippen molar-refractivity contribution in [2.75, 3.05) is 14.2 Å². The third kappa shape index (κ3) is 2.87. The van der Waals surface area contributed by atoms with Crippen molar-refractivity contribution in [3.63, 3.8) is 0 Å². The second-order valence-corrected chi connectivity index (χ2v) is 10.0. The van der Waals surface area contributed by atoms with Gasteiger partial charge in [-0.25, -0.2) is 0 Å². The van der Waals surface area contributed by atoms with Gasteiger partial charge in [0.25, 0.3) is 0 Å². The molecule has 0 aromatic carbocycles. The van der Waals surface area contributed by atoms with Gasteiger partial charge in [0.2, 0.25) is 0 Å². The average molecular weight is 345 g/mol. The van der Waals surface area contributed by atoms with Gasteiger partial charge in [-0.1, -0.05) is 0 Å². The molecule has 0 spiro atoms. The maximum atomic E-state index is 6.19. The summed E-state index contributed by atoms with van der Waals surface area (Å²) in [6, 6.07) is 0. The zero-order valence-corrected chi connectivity index (χ0v) is 16.2. The molecule has 0 aliphatic heterocycles. The minimum absolute atomic E-state index is 0.530. The molecule has 0 aromatic rings. The third-order valence-corrected chi connectivity index (χ3v) is 8.79. The first-order valence-electron chi connectivity index (χ1n) is 11.1. The van der Waals surface area contributed by atoms with E-state index in [0.29, 0.717) is 6.10 Å². The smallest absolute Gasteiger partial charge is 0.0983 e. The number of fused-ring (bicyclic) bond motifs is 1. The van der Waals surface area contributed by atoms with Gasteiger partial charge in [-0.3, -0.25) is 0 Å². The Morgan fingerprint density at radius 3 is 2.00 bits per heavy atom. The average Bonchev–Trinajstić information content (AvgIpc) is 2.63. The molecule has 6 aliphatic carbocycles. The summed E-state index contributed by atoms with van der Waals surface area (Å²) < 4.78 is 11.9. The van der Waals surface area contributed by atoms with Crippen LogP contribution >= 0.6 is 0 Å². The van der Waals surface area contributed by atoms with Gasteiger partial charge in [-0.2, -0.15) is 0 Å². The number of allylic oxidation sites excluding steroid dienone is 2. The molecule has 0 saturated heterocycles. The van der Waals surface area contributed by atoms with Crippen molar-refractivity contribution in [3.05, 3.63) is 11.3 Å². The van der Waals surface area contributed by atoms with Gasteiger partial charge in [-0.15, -0.1) is 0 Å². The van der Waals surface area contributed by atoms with Crippen LogP contribution < -0.4 is 0 Å². The first-order valence-corrected chi connectivity index (χ1v) is 11.1. The van der Waals surface area contributed by atoms with Crippen molar-refractivity contribution in [3.8, 4) is 0 Å². The summed E-state index contributed by atoms with van der Waals surface area (Å²) in [4.78, 5) is 0. The van der Waals surface area contributed by atoms with E-state index >= 15 is 0 Å². The lowest BCUT2D eigenvalue weighted by molar-refractivity contribution is 0.00279. The third-order valence-electron chi connectivity index (χ3n) is 8.79. The van der Waals surface area contributed by atoms with Crippen molar-refractivity contribution in [2.24, 2.45) is 41.4 Å². The highest BCUT2D eigenvalue weighted by molar-refractivity contribution is 5.25. The monoisotopic (exact) mass is 344 g/mol. The molecular weight excluding hydrogens is 308 g/mol. The van der Waals surface area contributed by atoms with Crippen LogP contribution in [-0.4, -0.2) is 20.3 Å². The van der Waals surface area contributed by atoms with Crippen molar-refractivity contribution in [1.29, 1.82) is 0 Å². The molecule has 0 amide bonds. The van der Waals surface area contributed by atoms with Crippen LogP contribution in [0.2, 0.25) is 0 Å². The van der Waals surface area contributed by atoms with E-state index in [2.05, 4.69) is 0 Å². The van der Waals surface area contributed by atoms with Crippen molar-refractivity contribution >= 4 is 0 Å². The molecule has 0 radical (unpaired) electrons. The Morgan fingerprint density at radius 2 is 1.36 bits per heavy atom. The SMILES string of the molecule is COC(=C1C2CC3CC(C2)CC1C3)C1CCC2CC(OC)CCC2C1. The van der Waals surface area contributed by atoms with E-state index in [-0.39, 0.29) is 0 Å². The van der Waals surface area contributed by atoms with Gasteiger partial charge in [0.15, 0.2) is 0 Å². The Kier molecular flexibility index (Phi) is 4.39. The molecule has 0 heterocycles. The first kappa shape index (κ1) is 16.7. The topological polar surface area (TPSA) is 18.5 Å². The standard InChI is InChI=1S/C23H36O2/c1-24-21-6-5-16-12-18(4-3-17(16)13-21)23(25-2)22-19-8-14-7-15(10-19)11-20(22)9-14/h14-21H,3-13H2,1-2H3. The molecule has 4 bridgehead atoms. The van der Waals surface area contributed by atoms with E-state index in [1.165, 1.54) is 76.4 Å². The van der Waals surface area contributed by atoms with E-state index in [0.717, 1.165) is 41.4 Å². The summed E-state index contributed by atoms with van der Waals surface area (Å²) in [5.41, 5.74) is 1.81. The summed E-state index contributed by atoms with van der Waals surface area (Å²) in [6.45, 7) is 0. The Labute approximate surface area is 153 Å². The molecule has 2 heteroatoms. The lowest BCUT2D eigenvalue weighted by atomic mass is 9.53. The summed E-state index contributed by atoms with van der Waals surface area (Å²) >= 11 is 0. The highest BCUT2D eigenvalue weighted by Crippen LogP contribution is 2.58. The van der Waals surface area contributed by atoms with Crippen LogP contribution in [0.5, 0.6) is 0 Å². The summed E-state index contributed by atoms with van der Waals surface area (Å²) in [7, 11) is 3.87. The van der Waals surface area contributed by atoms with Crippen molar-refractivity contribution in [1.82, 2.24) is 0 Å². The van der Waals surface area contributed by atoms with Gasteiger partial charge in [0.05, 0.1) is 19.0 Å². The lowest BCUT2D eigenvalue weighted by Crippen LogP contribution is -2.42. The maximum Gasteiger partial charge on any atom is 0.0983 e. The maximum absolute atomic E-state index is 6.19. The minimum atomic E-state index is 0.530. The summed E-state index contributed by atoms with van der Waals surface area (Å²) in [5.74, 6) is 7.89. The second kappa shape index (κ2) is 6.59. The molecule has 4 atom stereocenters. The van der Waals surface area contributed by atoms with Crippen LogP contribution in [0.15, 0.2) is 11.3 Å². The van der Waals surface area contributed by atoms with E-state index in [9.17, 15) is 0 Å². The predicted molar refractivity (Wildman–Crippen MR) is 100 cm³/mol. The van der Waals surface area contributed by atoms with E-state index < -0.39 is 0 Å².